The van der Waals surface area contributed by atoms with Crippen molar-refractivity contribution in [3.05, 3.63) is 28.9 Å². The van der Waals surface area contributed by atoms with Gasteiger partial charge in [0, 0.05) is 19.4 Å². The van der Waals surface area contributed by atoms with Gasteiger partial charge < -0.3 is 9.30 Å². The molecule has 1 fully saturated rings. The van der Waals surface area contributed by atoms with Crippen molar-refractivity contribution >= 4 is 35.0 Å². The van der Waals surface area contributed by atoms with E-state index in [0.29, 0.717) is 4.91 Å². The monoisotopic (exact) mass is 294 g/mol. The molecule has 1 aromatic rings. The Bertz CT molecular complexity index is 605. The molecule has 0 radical (unpaired) electrons. The van der Waals surface area contributed by atoms with Gasteiger partial charge in [0.25, 0.3) is 11.1 Å². The molecule has 6 nitrogen and oxygen atoms in total. The molecule has 1 aliphatic heterocycles. The number of methoxy groups -OCH3 is 1. The van der Waals surface area contributed by atoms with E-state index >= 15 is 0 Å². The SMILES string of the molecule is COC(=O)C(C)N1C(=O)S/C(=C\c2ccn(C)c2)C1=O. The smallest absolute Gasteiger partial charge is 0.328 e. The van der Waals surface area contributed by atoms with Crippen molar-refractivity contribution in [3.8, 4) is 0 Å². The summed E-state index contributed by atoms with van der Waals surface area (Å²) in [6.07, 6.45) is 5.31. The Morgan fingerprint density at radius 3 is 2.70 bits per heavy atom. The number of nitrogens with zero attached hydrogens (tertiary/aromatic N) is 2. The first kappa shape index (κ1) is 14.4. The van der Waals surface area contributed by atoms with Crippen molar-refractivity contribution in [2.45, 2.75) is 13.0 Å². The molecule has 20 heavy (non-hydrogen) atoms. The Morgan fingerprint density at radius 2 is 2.15 bits per heavy atom. The molecule has 2 rings (SSSR count). The summed E-state index contributed by atoms with van der Waals surface area (Å²) in [7, 11) is 3.08. The fourth-order valence-corrected chi connectivity index (χ4v) is 2.76. The molecular formula is C13H14N2O4S. The van der Waals surface area contributed by atoms with E-state index in [1.54, 1.807) is 6.08 Å². The molecule has 0 aromatic carbocycles. The number of esters is 1. The highest BCUT2D eigenvalue weighted by molar-refractivity contribution is 8.18. The molecular weight excluding hydrogens is 280 g/mol. The first-order valence-electron chi connectivity index (χ1n) is 5.91. The normalized spacial score (nSPS) is 18.8. The van der Waals surface area contributed by atoms with Gasteiger partial charge in [-0.15, -0.1) is 0 Å². The first-order chi connectivity index (χ1) is 9.43. The molecule has 7 heteroatoms. The van der Waals surface area contributed by atoms with Crippen molar-refractivity contribution in [1.29, 1.82) is 0 Å². The molecule has 1 unspecified atom stereocenters. The molecule has 0 saturated carbocycles. The van der Waals surface area contributed by atoms with Gasteiger partial charge in [0.05, 0.1) is 12.0 Å². The van der Waals surface area contributed by atoms with Crippen LogP contribution in [0.4, 0.5) is 4.79 Å². The van der Waals surface area contributed by atoms with E-state index in [2.05, 4.69) is 4.74 Å². The van der Waals surface area contributed by atoms with Gasteiger partial charge in [-0.2, -0.15) is 0 Å². The third-order valence-corrected chi connectivity index (χ3v) is 3.79. The van der Waals surface area contributed by atoms with Gasteiger partial charge in [0.15, 0.2) is 0 Å². The number of imide groups is 1. The number of aryl methyl sites for hydroxylation is 1. The Kier molecular flexibility index (Phi) is 3.99. The van der Waals surface area contributed by atoms with E-state index in [-0.39, 0.29) is 0 Å². The van der Waals surface area contributed by atoms with Crippen LogP contribution in [0.2, 0.25) is 0 Å². The molecule has 1 aromatic heterocycles. The van der Waals surface area contributed by atoms with Gasteiger partial charge in [-0.25, -0.2) is 4.79 Å². The maximum absolute atomic E-state index is 12.2. The van der Waals surface area contributed by atoms with Crippen LogP contribution in [0.25, 0.3) is 6.08 Å². The lowest BCUT2D eigenvalue weighted by atomic mass is 10.2. The summed E-state index contributed by atoms with van der Waals surface area (Å²) in [5, 5.41) is -0.463. The Balaban J connectivity index is 2.25. The fourth-order valence-electron chi connectivity index (χ4n) is 1.85. The summed E-state index contributed by atoms with van der Waals surface area (Å²) < 4.78 is 6.40. The van der Waals surface area contributed by atoms with Gasteiger partial charge in [-0.05, 0) is 36.4 Å². The van der Waals surface area contributed by atoms with E-state index in [1.807, 2.05) is 30.1 Å². The van der Waals surface area contributed by atoms with Gasteiger partial charge in [-0.1, -0.05) is 0 Å². The lowest BCUT2D eigenvalue weighted by Crippen LogP contribution is -2.42. The Morgan fingerprint density at radius 1 is 1.45 bits per heavy atom. The summed E-state index contributed by atoms with van der Waals surface area (Å²) in [5.41, 5.74) is 0.823. The molecule has 106 valence electrons. The van der Waals surface area contributed by atoms with E-state index in [0.717, 1.165) is 22.2 Å². The molecule has 1 saturated heterocycles. The molecule has 0 aliphatic carbocycles. The molecule has 2 heterocycles. The lowest BCUT2D eigenvalue weighted by Gasteiger charge is -2.18. The zero-order valence-electron chi connectivity index (χ0n) is 11.3. The predicted molar refractivity (Wildman–Crippen MR) is 74.7 cm³/mol. The fraction of sp³-hybridized carbons (Fsp3) is 0.308. The second-order valence-electron chi connectivity index (χ2n) is 4.36. The van der Waals surface area contributed by atoms with Crippen molar-refractivity contribution in [2.24, 2.45) is 7.05 Å². The molecule has 2 amide bonds. The first-order valence-corrected chi connectivity index (χ1v) is 6.72. The summed E-state index contributed by atoms with van der Waals surface area (Å²) in [4.78, 5) is 36.7. The van der Waals surface area contributed by atoms with E-state index in [4.69, 9.17) is 0 Å². The number of carbonyl (C=O) groups excluding carboxylic acids is 3. The minimum Gasteiger partial charge on any atom is -0.467 e. The second-order valence-corrected chi connectivity index (χ2v) is 5.35. The average molecular weight is 294 g/mol. The summed E-state index contributed by atoms with van der Waals surface area (Å²) in [6, 6.07) is 0.909. The lowest BCUT2D eigenvalue weighted by molar-refractivity contribution is -0.148. The van der Waals surface area contributed by atoms with Crippen LogP contribution in [0.15, 0.2) is 23.4 Å². The molecule has 1 aliphatic rings. The summed E-state index contributed by atoms with van der Waals surface area (Å²) >= 11 is 0.824. The van der Waals surface area contributed by atoms with Crippen molar-refractivity contribution in [1.82, 2.24) is 9.47 Å². The van der Waals surface area contributed by atoms with E-state index < -0.39 is 23.2 Å². The second kappa shape index (κ2) is 5.54. The quantitative estimate of drug-likeness (QED) is 0.626. The van der Waals surface area contributed by atoms with E-state index in [9.17, 15) is 14.4 Å². The summed E-state index contributed by atoms with van der Waals surface area (Å²) in [6.45, 7) is 1.47. The zero-order valence-corrected chi connectivity index (χ0v) is 12.1. The number of aromatic nitrogens is 1. The number of thioether (sulfide) groups is 1. The highest BCUT2D eigenvalue weighted by atomic mass is 32.2. The number of amides is 2. The molecule has 0 spiro atoms. The number of rotatable bonds is 3. The van der Waals surface area contributed by atoms with Gasteiger partial charge in [-0.3, -0.25) is 14.5 Å². The third kappa shape index (κ3) is 2.62. The topological polar surface area (TPSA) is 68.6 Å². The van der Waals surface area contributed by atoms with Crippen LogP contribution in [-0.4, -0.2) is 39.7 Å². The highest BCUT2D eigenvalue weighted by Gasteiger charge is 2.41. The van der Waals surface area contributed by atoms with Gasteiger partial charge in [0.2, 0.25) is 0 Å². The molecule has 0 bridgehead atoms. The largest absolute Gasteiger partial charge is 0.467 e. The highest BCUT2D eigenvalue weighted by Crippen LogP contribution is 2.33. The van der Waals surface area contributed by atoms with Crippen LogP contribution in [-0.2, 0) is 21.4 Å². The maximum atomic E-state index is 12.2. The number of hydrogen-bond donors (Lipinski definition) is 0. The molecule has 0 N–H and O–H groups in total. The minimum absolute atomic E-state index is 0.303. The Labute approximate surface area is 120 Å². The molecule has 1 atom stereocenters. The van der Waals surface area contributed by atoms with Crippen LogP contribution in [0.3, 0.4) is 0 Å². The van der Waals surface area contributed by atoms with Crippen molar-refractivity contribution in [3.63, 3.8) is 0 Å². The zero-order chi connectivity index (χ0) is 14.9. The number of hydrogen-bond acceptors (Lipinski definition) is 5. The Hall–Kier alpha value is -2.02. The maximum Gasteiger partial charge on any atom is 0.328 e. The van der Waals surface area contributed by atoms with Crippen molar-refractivity contribution < 1.29 is 19.1 Å². The third-order valence-electron chi connectivity index (χ3n) is 2.91. The predicted octanol–water partition coefficient (Wildman–Crippen LogP) is 1.62. The van der Waals surface area contributed by atoms with E-state index in [1.165, 1.54) is 14.0 Å². The van der Waals surface area contributed by atoms with Gasteiger partial charge in [0.1, 0.15) is 6.04 Å². The van der Waals surface area contributed by atoms with Gasteiger partial charge >= 0.3 is 5.97 Å². The van der Waals surface area contributed by atoms with Crippen LogP contribution in [0.5, 0.6) is 0 Å². The van der Waals surface area contributed by atoms with Crippen LogP contribution in [0.1, 0.15) is 12.5 Å². The number of ether oxygens (including phenoxy) is 1. The summed E-state index contributed by atoms with van der Waals surface area (Å²) in [5.74, 6) is -1.09. The standard InChI is InChI=1S/C13H14N2O4S/c1-8(12(17)19-3)15-11(16)10(20-13(15)18)6-9-4-5-14(2)7-9/h4-8H,1-3H3/b10-6-. The van der Waals surface area contributed by atoms with Crippen LogP contribution >= 0.6 is 11.8 Å². The van der Waals surface area contributed by atoms with Crippen LogP contribution < -0.4 is 0 Å². The van der Waals surface area contributed by atoms with Crippen molar-refractivity contribution in [2.75, 3.05) is 7.11 Å². The average Bonchev–Trinajstić information content (AvgIpc) is 2.93. The minimum atomic E-state index is -0.922. The van der Waals surface area contributed by atoms with Crippen LogP contribution in [0, 0.1) is 0 Å². The number of carbonyl (C=O) groups is 3.